The number of rotatable bonds is 6. The molecule has 100 valence electrons. The topological polar surface area (TPSA) is 35.5 Å². The second kappa shape index (κ2) is 6.83. The van der Waals surface area contributed by atoms with Crippen LogP contribution in [0.2, 0.25) is 0 Å². The van der Waals surface area contributed by atoms with Gasteiger partial charge in [0.05, 0.1) is 6.61 Å². The molecular formula is C14H21FN2O. The largest absolute Gasteiger partial charge is 0.395 e. The molecule has 1 aromatic carbocycles. The van der Waals surface area contributed by atoms with Crippen molar-refractivity contribution >= 4 is 0 Å². The molecule has 1 aliphatic rings. The zero-order chi connectivity index (χ0) is 12.8. The summed E-state index contributed by atoms with van der Waals surface area (Å²) in [6.07, 6.45) is 2.41. The molecule has 1 heterocycles. The Morgan fingerprint density at radius 2 is 2.33 bits per heavy atom. The Kier molecular flexibility index (Phi) is 5.11. The summed E-state index contributed by atoms with van der Waals surface area (Å²) >= 11 is 0. The Hall–Kier alpha value is -0.970. The first-order valence-corrected chi connectivity index (χ1v) is 6.59. The van der Waals surface area contributed by atoms with E-state index >= 15 is 0 Å². The lowest BCUT2D eigenvalue weighted by atomic mass is 10.1. The molecule has 0 saturated carbocycles. The van der Waals surface area contributed by atoms with Gasteiger partial charge in [0, 0.05) is 25.7 Å². The van der Waals surface area contributed by atoms with Gasteiger partial charge in [0.15, 0.2) is 0 Å². The van der Waals surface area contributed by atoms with E-state index in [4.69, 9.17) is 5.11 Å². The number of benzene rings is 1. The highest BCUT2D eigenvalue weighted by molar-refractivity contribution is 5.16. The van der Waals surface area contributed by atoms with Crippen molar-refractivity contribution in [2.24, 2.45) is 0 Å². The van der Waals surface area contributed by atoms with Crippen LogP contribution in [0.5, 0.6) is 0 Å². The fourth-order valence-electron chi connectivity index (χ4n) is 2.49. The lowest BCUT2D eigenvalue weighted by molar-refractivity contribution is 0.179. The first-order chi connectivity index (χ1) is 8.78. The van der Waals surface area contributed by atoms with Crippen molar-refractivity contribution in [1.29, 1.82) is 0 Å². The summed E-state index contributed by atoms with van der Waals surface area (Å²) in [4.78, 5) is 2.18. The van der Waals surface area contributed by atoms with Gasteiger partial charge in [-0.15, -0.1) is 0 Å². The van der Waals surface area contributed by atoms with Gasteiger partial charge >= 0.3 is 0 Å². The van der Waals surface area contributed by atoms with E-state index in [9.17, 15) is 4.39 Å². The van der Waals surface area contributed by atoms with Crippen molar-refractivity contribution in [3.05, 3.63) is 35.6 Å². The zero-order valence-corrected chi connectivity index (χ0v) is 10.6. The highest BCUT2D eigenvalue weighted by Crippen LogP contribution is 2.11. The van der Waals surface area contributed by atoms with Gasteiger partial charge in [0.2, 0.25) is 0 Å². The molecular weight excluding hydrogens is 231 g/mol. The van der Waals surface area contributed by atoms with Gasteiger partial charge in [0.25, 0.3) is 0 Å². The van der Waals surface area contributed by atoms with E-state index in [-0.39, 0.29) is 12.4 Å². The van der Waals surface area contributed by atoms with E-state index in [1.54, 1.807) is 12.1 Å². The van der Waals surface area contributed by atoms with Crippen LogP contribution in [0.3, 0.4) is 0 Å². The van der Waals surface area contributed by atoms with Gasteiger partial charge in [-0.3, -0.25) is 4.90 Å². The highest BCUT2D eigenvalue weighted by atomic mass is 19.1. The van der Waals surface area contributed by atoms with Crippen LogP contribution in [0.15, 0.2) is 24.3 Å². The van der Waals surface area contributed by atoms with Gasteiger partial charge in [-0.05, 0) is 37.1 Å². The Morgan fingerprint density at radius 1 is 1.44 bits per heavy atom. The first kappa shape index (κ1) is 13.5. The molecule has 2 N–H and O–H groups in total. The standard InChI is InChI=1S/C14H21FN2O/c15-13-4-1-3-12(9-13)10-17(7-8-18)11-14-5-2-6-16-14/h1,3-4,9,14,16,18H,2,5-8,10-11H2. The van der Waals surface area contributed by atoms with Crippen molar-refractivity contribution in [3.8, 4) is 0 Å². The van der Waals surface area contributed by atoms with E-state index in [2.05, 4.69) is 10.2 Å². The zero-order valence-electron chi connectivity index (χ0n) is 10.6. The first-order valence-electron chi connectivity index (χ1n) is 6.59. The summed E-state index contributed by atoms with van der Waals surface area (Å²) in [5.74, 6) is -0.199. The maximum Gasteiger partial charge on any atom is 0.123 e. The normalized spacial score (nSPS) is 19.6. The third-order valence-corrected chi connectivity index (χ3v) is 3.35. The number of aliphatic hydroxyl groups is 1. The van der Waals surface area contributed by atoms with Crippen LogP contribution in [0.1, 0.15) is 18.4 Å². The fraction of sp³-hybridized carbons (Fsp3) is 0.571. The minimum atomic E-state index is -0.199. The Balaban J connectivity index is 1.92. The van der Waals surface area contributed by atoms with Crippen molar-refractivity contribution in [1.82, 2.24) is 10.2 Å². The smallest absolute Gasteiger partial charge is 0.123 e. The van der Waals surface area contributed by atoms with Crippen molar-refractivity contribution < 1.29 is 9.50 Å². The maximum absolute atomic E-state index is 13.1. The Labute approximate surface area is 108 Å². The van der Waals surface area contributed by atoms with E-state index in [0.29, 0.717) is 19.1 Å². The molecule has 1 unspecified atom stereocenters. The number of hydrogen-bond donors (Lipinski definition) is 2. The van der Waals surface area contributed by atoms with Crippen molar-refractivity contribution in [2.75, 3.05) is 26.2 Å². The van der Waals surface area contributed by atoms with E-state index < -0.39 is 0 Å². The number of nitrogens with one attached hydrogen (secondary N) is 1. The monoisotopic (exact) mass is 252 g/mol. The second-order valence-corrected chi connectivity index (χ2v) is 4.88. The number of hydrogen-bond acceptors (Lipinski definition) is 3. The molecule has 2 rings (SSSR count). The molecule has 3 nitrogen and oxygen atoms in total. The molecule has 0 spiro atoms. The molecule has 4 heteroatoms. The van der Waals surface area contributed by atoms with Crippen LogP contribution in [0.4, 0.5) is 4.39 Å². The van der Waals surface area contributed by atoms with E-state index in [0.717, 1.165) is 18.7 Å². The summed E-state index contributed by atoms with van der Waals surface area (Å²) in [5, 5.41) is 12.6. The predicted octanol–water partition coefficient (Wildman–Crippen LogP) is 1.37. The van der Waals surface area contributed by atoms with Crippen LogP contribution in [0.25, 0.3) is 0 Å². The van der Waals surface area contributed by atoms with Crippen LogP contribution < -0.4 is 5.32 Å². The second-order valence-electron chi connectivity index (χ2n) is 4.88. The van der Waals surface area contributed by atoms with Gasteiger partial charge in [-0.25, -0.2) is 4.39 Å². The predicted molar refractivity (Wildman–Crippen MR) is 69.8 cm³/mol. The number of nitrogens with zero attached hydrogens (tertiary/aromatic N) is 1. The molecule has 18 heavy (non-hydrogen) atoms. The summed E-state index contributed by atoms with van der Waals surface area (Å²) in [6, 6.07) is 7.18. The molecule has 0 aromatic heterocycles. The summed E-state index contributed by atoms with van der Waals surface area (Å²) in [6.45, 7) is 3.46. The quantitative estimate of drug-likeness (QED) is 0.802. The molecule has 0 aliphatic carbocycles. The third-order valence-electron chi connectivity index (χ3n) is 3.35. The summed E-state index contributed by atoms with van der Waals surface area (Å²) in [5.41, 5.74) is 0.960. The molecule has 1 aromatic rings. The molecule has 1 saturated heterocycles. The minimum absolute atomic E-state index is 0.141. The molecule has 0 radical (unpaired) electrons. The van der Waals surface area contributed by atoms with E-state index in [1.807, 2.05) is 6.07 Å². The lowest BCUT2D eigenvalue weighted by Gasteiger charge is -2.25. The minimum Gasteiger partial charge on any atom is -0.395 e. The summed E-state index contributed by atoms with van der Waals surface area (Å²) in [7, 11) is 0. The Morgan fingerprint density at radius 3 is 3.00 bits per heavy atom. The third kappa shape index (κ3) is 4.05. The van der Waals surface area contributed by atoms with Crippen molar-refractivity contribution in [2.45, 2.75) is 25.4 Å². The Bertz CT molecular complexity index is 367. The molecule has 0 bridgehead atoms. The van der Waals surface area contributed by atoms with Gasteiger partial charge in [-0.1, -0.05) is 12.1 Å². The van der Waals surface area contributed by atoms with Crippen molar-refractivity contribution in [3.63, 3.8) is 0 Å². The van der Waals surface area contributed by atoms with Gasteiger partial charge in [0.1, 0.15) is 5.82 Å². The fourth-order valence-corrected chi connectivity index (χ4v) is 2.49. The average Bonchev–Trinajstić information content (AvgIpc) is 2.82. The van der Waals surface area contributed by atoms with Crippen LogP contribution in [-0.2, 0) is 6.54 Å². The van der Waals surface area contributed by atoms with Gasteiger partial charge < -0.3 is 10.4 Å². The molecule has 0 amide bonds. The van der Waals surface area contributed by atoms with Gasteiger partial charge in [-0.2, -0.15) is 0 Å². The molecule has 1 fully saturated rings. The van der Waals surface area contributed by atoms with Crippen LogP contribution >= 0.6 is 0 Å². The molecule has 1 atom stereocenters. The maximum atomic E-state index is 13.1. The lowest BCUT2D eigenvalue weighted by Crippen LogP contribution is -2.38. The number of aliphatic hydroxyl groups excluding tert-OH is 1. The number of halogens is 1. The summed E-state index contributed by atoms with van der Waals surface area (Å²) < 4.78 is 13.1. The van der Waals surface area contributed by atoms with Crippen LogP contribution in [-0.4, -0.2) is 42.3 Å². The average molecular weight is 252 g/mol. The van der Waals surface area contributed by atoms with Crippen LogP contribution in [0, 0.1) is 5.82 Å². The van der Waals surface area contributed by atoms with E-state index in [1.165, 1.54) is 18.9 Å². The molecule has 1 aliphatic heterocycles. The SMILES string of the molecule is OCCN(Cc1cccc(F)c1)CC1CCCN1. The highest BCUT2D eigenvalue weighted by Gasteiger charge is 2.17.